The number of nitrogens with one attached hydrogen (secondary N) is 2. The number of fused-ring (bicyclic) bond motifs is 2. The highest BCUT2D eigenvalue weighted by Crippen LogP contribution is 2.39. The van der Waals surface area contributed by atoms with Gasteiger partial charge in [-0.2, -0.15) is 0 Å². The molecule has 2 bridgehead atoms. The highest BCUT2D eigenvalue weighted by atomic mass is 16.1. The normalized spacial score (nSPS) is 35.2. The molecule has 1 heterocycles. The Morgan fingerprint density at radius 1 is 1.33 bits per heavy atom. The maximum atomic E-state index is 12.1. The topological polar surface area (TPSA) is 70.9 Å². The molecule has 2 aliphatic carbocycles. The van der Waals surface area contributed by atoms with E-state index in [1.807, 2.05) is 12.1 Å². The van der Waals surface area contributed by atoms with Gasteiger partial charge in [-0.15, -0.1) is 0 Å². The molecular weight excluding hydrogens is 226 g/mol. The Labute approximate surface area is 107 Å². The highest BCUT2D eigenvalue weighted by Gasteiger charge is 2.39. The Bertz CT molecular complexity index is 401. The van der Waals surface area contributed by atoms with Crippen LogP contribution in [0.3, 0.4) is 0 Å². The largest absolute Gasteiger partial charge is 0.357 e. The lowest BCUT2D eigenvalue weighted by atomic mass is 9.67. The van der Waals surface area contributed by atoms with Crippen molar-refractivity contribution in [2.24, 2.45) is 17.6 Å². The minimum atomic E-state index is 0.0253. The molecule has 0 spiro atoms. The van der Waals surface area contributed by atoms with Gasteiger partial charge in [0.05, 0.1) is 0 Å². The standard InChI is InChI=1S/C14H21N3O/c15-11-7-9-3-1-4-10(8-11)13(9)17-14(18)12-5-2-6-16-12/h2,5-6,9-11,13,16H,1,3-4,7-8,15H2,(H,17,18). The Balaban J connectivity index is 1.70. The molecule has 98 valence electrons. The highest BCUT2D eigenvalue weighted by molar-refractivity contribution is 5.92. The summed E-state index contributed by atoms with van der Waals surface area (Å²) < 4.78 is 0. The van der Waals surface area contributed by atoms with E-state index in [4.69, 9.17) is 5.73 Å². The number of carbonyl (C=O) groups is 1. The molecule has 0 aromatic carbocycles. The van der Waals surface area contributed by atoms with Gasteiger partial charge in [0.2, 0.25) is 0 Å². The van der Waals surface area contributed by atoms with Crippen molar-refractivity contribution in [3.05, 3.63) is 24.0 Å². The van der Waals surface area contributed by atoms with Gasteiger partial charge in [-0.1, -0.05) is 6.42 Å². The van der Waals surface area contributed by atoms with E-state index in [-0.39, 0.29) is 5.91 Å². The van der Waals surface area contributed by atoms with E-state index in [1.54, 1.807) is 6.20 Å². The van der Waals surface area contributed by atoms with E-state index >= 15 is 0 Å². The third-order valence-corrected chi connectivity index (χ3v) is 4.52. The summed E-state index contributed by atoms with van der Waals surface area (Å²) in [5.74, 6) is 1.18. The molecule has 2 aliphatic rings. The Morgan fingerprint density at radius 2 is 2.06 bits per heavy atom. The molecule has 18 heavy (non-hydrogen) atoms. The molecule has 2 saturated carbocycles. The fourth-order valence-corrected chi connectivity index (χ4v) is 3.73. The number of aromatic nitrogens is 1. The average Bonchev–Trinajstić information content (AvgIpc) is 2.83. The first kappa shape index (κ1) is 11.8. The van der Waals surface area contributed by atoms with Crippen LogP contribution in [-0.4, -0.2) is 23.0 Å². The third kappa shape index (κ3) is 2.17. The average molecular weight is 247 g/mol. The predicted octanol–water partition coefficient (Wildman–Crippen LogP) is 1.65. The van der Waals surface area contributed by atoms with Crippen LogP contribution in [0, 0.1) is 11.8 Å². The zero-order valence-corrected chi connectivity index (χ0v) is 10.6. The minimum Gasteiger partial charge on any atom is -0.357 e. The van der Waals surface area contributed by atoms with Gasteiger partial charge in [-0.25, -0.2) is 0 Å². The number of rotatable bonds is 2. The van der Waals surface area contributed by atoms with Gasteiger partial charge >= 0.3 is 0 Å². The quantitative estimate of drug-likeness (QED) is 0.743. The smallest absolute Gasteiger partial charge is 0.267 e. The number of H-pyrrole nitrogens is 1. The van der Waals surface area contributed by atoms with Crippen molar-refractivity contribution in [3.8, 4) is 0 Å². The molecule has 4 heteroatoms. The van der Waals surface area contributed by atoms with Crippen LogP contribution in [0.15, 0.2) is 18.3 Å². The van der Waals surface area contributed by atoms with Crippen molar-refractivity contribution >= 4 is 5.91 Å². The molecule has 0 saturated heterocycles. The van der Waals surface area contributed by atoms with Gasteiger partial charge in [0.25, 0.3) is 5.91 Å². The molecular formula is C14H21N3O. The summed E-state index contributed by atoms with van der Waals surface area (Å²) in [4.78, 5) is 15.1. The lowest BCUT2D eigenvalue weighted by molar-refractivity contribution is 0.0752. The van der Waals surface area contributed by atoms with Crippen molar-refractivity contribution < 1.29 is 4.79 Å². The Morgan fingerprint density at radius 3 is 2.67 bits per heavy atom. The molecule has 4 nitrogen and oxygen atoms in total. The number of hydrogen-bond acceptors (Lipinski definition) is 2. The fraction of sp³-hybridized carbons (Fsp3) is 0.643. The third-order valence-electron chi connectivity index (χ3n) is 4.52. The Hall–Kier alpha value is -1.29. The number of amides is 1. The maximum Gasteiger partial charge on any atom is 0.267 e. The first-order valence-corrected chi connectivity index (χ1v) is 6.94. The summed E-state index contributed by atoms with van der Waals surface area (Å²) >= 11 is 0. The second-order valence-electron chi connectivity index (χ2n) is 5.77. The summed E-state index contributed by atoms with van der Waals surface area (Å²) in [6, 6.07) is 4.33. The molecule has 1 amide bonds. The molecule has 1 aromatic rings. The SMILES string of the molecule is NC1CC2CCCC(C1)C2NC(=O)c1ccc[nH]1. The van der Waals surface area contributed by atoms with Crippen LogP contribution in [0.2, 0.25) is 0 Å². The molecule has 2 fully saturated rings. The lowest BCUT2D eigenvalue weighted by Gasteiger charge is -2.45. The first-order chi connectivity index (χ1) is 8.74. The fourth-order valence-electron chi connectivity index (χ4n) is 3.73. The summed E-state index contributed by atoms with van der Waals surface area (Å²) in [7, 11) is 0. The van der Waals surface area contributed by atoms with Crippen LogP contribution < -0.4 is 11.1 Å². The van der Waals surface area contributed by atoms with Gasteiger partial charge < -0.3 is 16.0 Å². The maximum absolute atomic E-state index is 12.1. The number of hydrogen-bond donors (Lipinski definition) is 3. The van der Waals surface area contributed by atoms with Crippen LogP contribution in [0.5, 0.6) is 0 Å². The zero-order chi connectivity index (χ0) is 12.5. The van der Waals surface area contributed by atoms with Crippen molar-refractivity contribution in [2.75, 3.05) is 0 Å². The molecule has 2 atom stereocenters. The van der Waals surface area contributed by atoms with E-state index in [0.717, 1.165) is 12.8 Å². The van der Waals surface area contributed by atoms with E-state index < -0.39 is 0 Å². The van der Waals surface area contributed by atoms with Crippen molar-refractivity contribution in [1.29, 1.82) is 0 Å². The van der Waals surface area contributed by atoms with E-state index in [1.165, 1.54) is 19.3 Å². The summed E-state index contributed by atoms with van der Waals surface area (Å²) in [6.45, 7) is 0. The molecule has 3 rings (SSSR count). The monoisotopic (exact) mass is 247 g/mol. The van der Waals surface area contributed by atoms with Gasteiger partial charge in [-0.05, 0) is 49.7 Å². The van der Waals surface area contributed by atoms with Gasteiger partial charge in [-0.3, -0.25) is 4.79 Å². The molecule has 0 radical (unpaired) electrons. The summed E-state index contributed by atoms with van der Waals surface area (Å²) in [5.41, 5.74) is 6.75. The van der Waals surface area contributed by atoms with E-state index in [9.17, 15) is 4.79 Å². The Kier molecular flexibility index (Phi) is 3.12. The van der Waals surface area contributed by atoms with Crippen LogP contribution in [-0.2, 0) is 0 Å². The predicted molar refractivity (Wildman–Crippen MR) is 70.1 cm³/mol. The van der Waals surface area contributed by atoms with Gasteiger partial charge in [0.1, 0.15) is 5.69 Å². The summed E-state index contributed by atoms with van der Waals surface area (Å²) in [6.07, 6.45) is 7.61. The van der Waals surface area contributed by atoms with Gasteiger partial charge in [0, 0.05) is 18.3 Å². The van der Waals surface area contributed by atoms with E-state index in [2.05, 4.69) is 10.3 Å². The summed E-state index contributed by atoms with van der Waals surface area (Å²) in [5, 5.41) is 3.22. The van der Waals surface area contributed by atoms with Crippen LogP contribution in [0.4, 0.5) is 0 Å². The van der Waals surface area contributed by atoms with Gasteiger partial charge in [0.15, 0.2) is 0 Å². The minimum absolute atomic E-state index is 0.0253. The first-order valence-electron chi connectivity index (χ1n) is 6.94. The number of aromatic amines is 1. The van der Waals surface area contributed by atoms with Crippen LogP contribution in [0.1, 0.15) is 42.6 Å². The second kappa shape index (κ2) is 4.76. The number of carbonyl (C=O) groups excluding carboxylic acids is 1. The van der Waals surface area contributed by atoms with Crippen molar-refractivity contribution in [2.45, 2.75) is 44.2 Å². The molecule has 0 aliphatic heterocycles. The molecule has 2 unspecified atom stereocenters. The number of nitrogens with two attached hydrogens (primary N) is 1. The zero-order valence-electron chi connectivity index (χ0n) is 10.6. The lowest BCUT2D eigenvalue weighted by Crippen LogP contribution is -2.53. The van der Waals surface area contributed by atoms with Crippen molar-refractivity contribution in [1.82, 2.24) is 10.3 Å². The second-order valence-corrected chi connectivity index (χ2v) is 5.77. The molecule has 1 aromatic heterocycles. The van der Waals surface area contributed by atoms with E-state index in [0.29, 0.717) is 29.6 Å². The van der Waals surface area contributed by atoms with Crippen molar-refractivity contribution in [3.63, 3.8) is 0 Å². The van der Waals surface area contributed by atoms with Crippen LogP contribution in [0.25, 0.3) is 0 Å². The van der Waals surface area contributed by atoms with Crippen LogP contribution >= 0.6 is 0 Å². The molecule has 4 N–H and O–H groups in total.